The van der Waals surface area contributed by atoms with E-state index in [1.807, 2.05) is 0 Å². The van der Waals surface area contributed by atoms with E-state index in [2.05, 4.69) is 4.74 Å². The molecule has 0 aromatic rings. The Morgan fingerprint density at radius 3 is 2.12 bits per heavy atom. The van der Waals surface area contributed by atoms with Crippen LogP contribution in [0.2, 0.25) is 0 Å². The van der Waals surface area contributed by atoms with Crippen LogP contribution in [0.1, 0.15) is 6.92 Å². The van der Waals surface area contributed by atoms with Crippen LogP contribution in [-0.4, -0.2) is 25.3 Å². The second kappa shape index (κ2) is 4.46. The van der Waals surface area contributed by atoms with Gasteiger partial charge in [-0.3, -0.25) is 9.59 Å². The van der Waals surface area contributed by atoms with Crippen LogP contribution in [-0.2, 0) is 14.3 Å². The molecule has 0 rings (SSSR count). The first-order valence-corrected chi connectivity index (χ1v) is 2.37. The van der Waals surface area contributed by atoms with Gasteiger partial charge < -0.3 is 4.74 Å². The second-order valence-electron chi connectivity index (χ2n) is 1.19. The number of ether oxygens (including phenoxy) is 1. The molecule has 0 atom stereocenters. The molecule has 0 aliphatic carbocycles. The Labute approximate surface area is 47.6 Å². The van der Waals surface area contributed by atoms with E-state index in [1.165, 1.54) is 0 Å². The molecule has 3 nitrogen and oxygen atoms in total. The number of hydrogen-bond donors (Lipinski definition) is 0. The summed E-state index contributed by atoms with van der Waals surface area (Å²) >= 11 is 0. The highest BCUT2D eigenvalue weighted by molar-refractivity contribution is 5.80. The van der Waals surface area contributed by atoms with Gasteiger partial charge in [-0.25, -0.2) is 0 Å². The van der Waals surface area contributed by atoms with Crippen molar-refractivity contribution in [3.63, 3.8) is 0 Å². The Bertz CT molecular complexity index is 71.7. The number of aldehydes is 2. The van der Waals surface area contributed by atoms with Crippen LogP contribution in [0.4, 0.5) is 0 Å². The lowest BCUT2D eigenvalue weighted by atomic mass is 10.4. The predicted octanol–water partition coefficient (Wildman–Crippen LogP) is -0.211. The molecule has 0 aromatic carbocycles. The first kappa shape index (κ1) is 7.30. The summed E-state index contributed by atoms with van der Waals surface area (Å²) in [5.74, 6) is 0. The van der Waals surface area contributed by atoms with Crippen LogP contribution in [0, 0.1) is 0 Å². The van der Waals surface area contributed by atoms with Gasteiger partial charge in [0.2, 0.25) is 0 Å². The van der Waals surface area contributed by atoms with Crippen LogP contribution in [0.25, 0.3) is 0 Å². The van der Waals surface area contributed by atoms with Crippen LogP contribution in [0.3, 0.4) is 0 Å². The molecule has 0 spiro atoms. The minimum atomic E-state index is -0.861. The number of hydrogen-bond acceptors (Lipinski definition) is 3. The highest BCUT2D eigenvalue weighted by Gasteiger charge is 2.00. The molecule has 0 bridgehead atoms. The topological polar surface area (TPSA) is 43.4 Å². The zero-order valence-electron chi connectivity index (χ0n) is 4.66. The van der Waals surface area contributed by atoms with Gasteiger partial charge in [0.05, 0.1) is 0 Å². The molecule has 0 saturated heterocycles. The first-order chi connectivity index (χ1) is 3.85. The Hall–Kier alpha value is -0.700. The Morgan fingerprint density at radius 1 is 1.50 bits per heavy atom. The van der Waals surface area contributed by atoms with E-state index in [0.717, 1.165) is 0 Å². The van der Waals surface area contributed by atoms with Gasteiger partial charge in [0.25, 0.3) is 0 Å². The van der Waals surface area contributed by atoms with E-state index in [4.69, 9.17) is 0 Å². The van der Waals surface area contributed by atoms with Crippen molar-refractivity contribution < 1.29 is 14.3 Å². The third-order valence-electron chi connectivity index (χ3n) is 0.627. The molecule has 0 fully saturated rings. The van der Waals surface area contributed by atoms with E-state index in [9.17, 15) is 9.59 Å². The lowest BCUT2D eigenvalue weighted by molar-refractivity contribution is -0.127. The molecule has 0 unspecified atom stereocenters. The zero-order valence-corrected chi connectivity index (χ0v) is 4.66. The summed E-state index contributed by atoms with van der Waals surface area (Å²) in [6.07, 6.45) is 0.0764. The summed E-state index contributed by atoms with van der Waals surface area (Å²) in [5, 5.41) is 0. The van der Waals surface area contributed by atoms with E-state index in [0.29, 0.717) is 19.2 Å². The monoisotopic (exact) mass is 116 g/mol. The average Bonchev–Trinajstić information content (AvgIpc) is 1.83. The highest BCUT2D eigenvalue weighted by Crippen LogP contribution is 1.79. The van der Waals surface area contributed by atoms with Gasteiger partial charge >= 0.3 is 0 Å². The SMILES string of the molecule is CCOC(C=O)C=O. The van der Waals surface area contributed by atoms with Crippen molar-refractivity contribution in [3.8, 4) is 0 Å². The highest BCUT2D eigenvalue weighted by atomic mass is 16.5. The van der Waals surface area contributed by atoms with Crippen LogP contribution in [0.15, 0.2) is 0 Å². The molecule has 0 heterocycles. The van der Waals surface area contributed by atoms with Crippen molar-refractivity contribution >= 4 is 12.6 Å². The van der Waals surface area contributed by atoms with Gasteiger partial charge in [-0.2, -0.15) is 0 Å². The number of carbonyl (C=O) groups is 2. The standard InChI is InChI=1S/C5H8O3/c1-2-8-5(3-6)4-7/h3-5H,2H2,1H3. The lowest BCUT2D eigenvalue weighted by Crippen LogP contribution is -2.15. The number of rotatable bonds is 4. The van der Waals surface area contributed by atoms with Crippen molar-refractivity contribution in [1.82, 2.24) is 0 Å². The van der Waals surface area contributed by atoms with Gasteiger partial charge in [0.1, 0.15) is 0 Å². The molecule has 8 heavy (non-hydrogen) atoms. The summed E-state index contributed by atoms with van der Waals surface area (Å²) < 4.78 is 4.60. The maximum atomic E-state index is 9.77. The average molecular weight is 116 g/mol. The second-order valence-corrected chi connectivity index (χ2v) is 1.19. The van der Waals surface area contributed by atoms with Crippen molar-refractivity contribution in [3.05, 3.63) is 0 Å². The minimum absolute atomic E-state index is 0.391. The van der Waals surface area contributed by atoms with Gasteiger partial charge in [-0.05, 0) is 6.92 Å². The van der Waals surface area contributed by atoms with Gasteiger partial charge in [0.15, 0.2) is 18.7 Å². The molecular weight excluding hydrogens is 108 g/mol. The molecule has 0 aromatic heterocycles. The summed E-state index contributed by atoms with van der Waals surface area (Å²) in [5.41, 5.74) is 0. The summed E-state index contributed by atoms with van der Waals surface area (Å²) in [4.78, 5) is 19.5. The third-order valence-corrected chi connectivity index (χ3v) is 0.627. The Kier molecular flexibility index (Phi) is 4.07. The molecule has 0 saturated carbocycles. The normalized spacial score (nSPS) is 9.25. The third kappa shape index (κ3) is 2.47. The number of carbonyl (C=O) groups excluding carboxylic acids is 2. The van der Waals surface area contributed by atoms with Crippen LogP contribution >= 0.6 is 0 Å². The van der Waals surface area contributed by atoms with E-state index in [1.54, 1.807) is 6.92 Å². The molecular formula is C5H8O3. The fraction of sp³-hybridized carbons (Fsp3) is 0.600. The van der Waals surface area contributed by atoms with Gasteiger partial charge in [-0.15, -0.1) is 0 Å². The molecule has 0 aliphatic rings. The maximum Gasteiger partial charge on any atom is 0.168 e. The molecule has 46 valence electrons. The smallest absolute Gasteiger partial charge is 0.168 e. The summed E-state index contributed by atoms with van der Waals surface area (Å²) in [7, 11) is 0. The van der Waals surface area contributed by atoms with Crippen molar-refractivity contribution in [1.29, 1.82) is 0 Å². The lowest BCUT2D eigenvalue weighted by Gasteiger charge is -1.98. The Balaban J connectivity index is 3.35. The quantitative estimate of drug-likeness (QED) is 0.377. The first-order valence-electron chi connectivity index (χ1n) is 2.37. The molecule has 0 radical (unpaired) electrons. The van der Waals surface area contributed by atoms with Crippen molar-refractivity contribution in [2.24, 2.45) is 0 Å². The largest absolute Gasteiger partial charge is 0.363 e. The van der Waals surface area contributed by atoms with Crippen LogP contribution in [0.5, 0.6) is 0 Å². The van der Waals surface area contributed by atoms with Gasteiger partial charge in [-0.1, -0.05) is 0 Å². The van der Waals surface area contributed by atoms with E-state index >= 15 is 0 Å². The fourth-order valence-electron chi connectivity index (χ4n) is 0.303. The molecule has 0 amide bonds. The Morgan fingerprint density at radius 2 is 2.00 bits per heavy atom. The molecule has 3 heteroatoms. The van der Waals surface area contributed by atoms with E-state index in [-0.39, 0.29) is 0 Å². The van der Waals surface area contributed by atoms with Crippen molar-refractivity contribution in [2.75, 3.05) is 6.61 Å². The fourth-order valence-corrected chi connectivity index (χ4v) is 0.303. The summed E-state index contributed by atoms with van der Waals surface area (Å²) in [6.45, 7) is 2.11. The van der Waals surface area contributed by atoms with Crippen LogP contribution < -0.4 is 0 Å². The zero-order chi connectivity index (χ0) is 6.41. The maximum absolute atomic E-state index is 9.77. The molecule has 0 N–H and O–H groups in total. The summed E-state index contributed by atoms with van der Waals surface area (Å²) in [6, 6.07) is 0. The van der Waals surface area contributed by atoms with E-state index < -0.39 is 6.10 Å². The minimum Gasteiger partial charge on any atom is -0.363 e. The van der Waals surface area contributed by atoms with Gasteiger partial charge in [0, 0.05) is 6.61 Å². The predicted molar refractivity (Wildman–Crippen MR) is 27.5 cm³/mol. The molecule has 0 aliphatic heterocycles. The van der Waals surface area contributed by atoms with Crippen molar-refractivity contribution in [2.45, 2.75) is 13.0 Å².